The molecule has 0 unspecified atom stereocenters. The van der Waals surface area contributed by atoms with Gasteiger partial charge in [-0.3, -0.25) is 4.79 Å². The summed E-state index contributed by atoms with van der Waals surface area (Å²) in [5.41, 5.74) is 0.433. The molecule has 2 aromatic heterocycles. The van der Waals surface area contributed by atoms with Gasteiger partial charge in [-0.25, -0.2) is 10.1 Å². The van der Waals surface area contributed by atoms with Gasteiger partial charge in [0.15, 0.2) is 5.15 Å². The van der Waals surface area contributed by atoms with Crippen LogP contribution >= 0.6 is 11.6 Å². The van der Waals surface area contributed by atoms with Gasteiger partial charge < -0.3 is 4.98 Å². The minimum atomic E-state index is -0.318. The highest BCUT2D eigenvalue weighted by molar-refractivity contribution is 6.33. The highest BCUT2D eigenvalue weighted by Gasteiger charge is 2.04. The van der Waals surface area contributed by atoms with Crippen LogP contribution in [0, 0.1) is 0 Å². The summed E-state index contributed by atoms with van der Waals surface area (Å²) in [4.78, 5) is 17.4. The maximum Gasteiger partial charge on any atom is 0.290 e. The number of nitrogens with zero attached hydrogens (tertiary/aromatic N) is 2. The summed E-state index contributed by atoms with van der Waals surface area (Å²) in [6.45, 7) is 0. The average Bonchev–Trinajstić information content (AvgIpc) is 2.45. The Hall–Kier alpha value is -1.36. The lowest BCUT2D eigenvalue weighted by atomic mass is 10.5. The molecule has 0 aromatic carbocycles. The van der Waals surface area contributed by atoms with Crippen molar-refractivity contribution in [2.45, 2.75) is 0 Å². The Morgan fingerprint density at radius 2 is 2.36 bits per heavy atom. The van der Waals surface area contributed by atoms with Gasteiger partial charge in [0.1, 0.15) is 11.0 Å². The molecule has 11 heavy (non-hydrogen) atoms. The predicted molar refractivity (Wildman–Crippen MR) is 39.5 cm³/mol. The molecular formula is C5H3ClN4O. The van der Waals surface area contributed by atoms with E-state index in [4.69, 9.17) is 11.6 Å². The van der Waals surface area contributed by atoms with Gasteiger partial charge in [-0.05, 0) is 0 Å². The van der Waals surface area contributed by atoms with E-state index in [0.717, 1.165) is 0 Å². The minimum absolute atomic E-state index is 0.195. The fourth-order valence-electron chi connectivity index (χ4n) is 0.832. The summed E-state index contributed by atoms with van der Waals surface area (Å²) in [6, 6.07) is 0. The second kappa shape index (κ2) is 2.06. The first kappa shape index (κ1) is 6.36. The molecule has 0 fully saturated rings. The highest BCUT2D eigenvalue weighted by atomic mass is 35.5. The van der Waals surface area contributed by atoms with Crippen molar-refractivity contribution in [1.82, 2.24) is 20.2 Å². The molecule has 0 aliphatic rings. The summed E-state index contributed by atoms with van der Waals surface area (Å²) in [5.74, 6) is 0. The molecule has 0 spiro atoms. The molecule has 0 bridgehead atoms. The molecule has 6 heteroatoms. The summed E-state index contributed by atoms with van der Waals surface area (Å²) in [6.07, 6.45) is 1.40. The molecule has 0 radical (unpaired) electrons. The smallest absolute Gasteiger partial charge is 0.290 e. The number of halogens is 1. The zero-order valence-corrected chi connectivity index (χ0v) is 6.01. The van der Waals surface area contributed by atoms with E-state index in [1.165, 1.54) is 6.33 Å². The van der Waals surface area contributed by atoms with Crippen molar-refractivity contribution in [1.29, 1.82) is 0 Å². The Bertz CT molecular complexity index is 445. The van der Waals surface area contributed by atoms with Crippen molar-refractivity contribution in [2.24, 2.45) is 0 Å². The summed E-state index contributed by atoms with van der Waals surface area (Å²) in [7, 11) is 0. The van der Waals surface area contributed by atoms with Crippen molar-refractivity contribution < 1.29 is 0 Å². The number of aromatic amines is 2. The van der Waals surface area contributed by atoms with E-state index < -0.39 is 0 Å². The fraction of sp³-hybridized carbons (Fsp3) is 0. The number of fused-ring (bicyclic) bond motifs is 1. The zero-order valence-electron chi connectivity index (χ0n) is 5.26. The minimum Gasteiger partial charge on any atom is -0.340 e. The van der Waals surface area contributed by atoms with E-state index in [1.54, 1.807) is 0 Å². The Morgan fingerprint density at radius 3 is 3.09 bits per heavy atom. The summed E-state index contributed by atoms with van der Waals surface area (Å²) in [5, 5.41) is 5.94. The average molecular weight is 171 g/mol. The van der Waals surface area contributed by atoms with Gasteiger partial charge in [0, 0.05) is 0 Å². The topological polar surface area (TPSA) is 74.4 Å². The van der Waals surface area contributed by atoms with Crippen LogP contribution < -0.4 is 5.56 Å². The number of H-pyrrole nitrogens is 2. The van der Waals surface area contributed by atoms with Crippen molar-refractivity contribution in [3.8, 4) is 0 Å². The monoisotopic (exact) mass is 170 g/mol. The molecule has 2 rings (SSSR count). The van der Waals surface area contributed by atoms with Gasteiger partial charge in [-0.2, -0.15) is 5.10 Å². The van der Waals surface area contributed by atoms with Gasteiger partial charge in [0.25, 0.3) is 5.56 Å². The van der Waals surface area contributed by atoms with Gasteiger partial charge in [-0.15, -0.1) is 0 Å². The van der Waals surface area contributed by atoms with Crippen molar-refractivity contribution >= 4 is 22.6 Å². The van der Waals surface area contributed by atoms with E-state index in [9.17, 15) is 4.79 Å². The third-order valence-corrected chi connectivity index (χ3v) is 1.58. The van der Waals surface area contributed by atoms with E-state index in [1.807, 2.05) is 0 Å². The molecule has 56 valence electrons. The molecule has 0 saturated carbocycles. The van der Waals surface area contributed by atoms with E-state index >= 15 is 0 Å². The van der Waals surface area contributed by atoms with Crippen LogP contribution in [-0.2, 0) is 0 Å². The van der Waals surface area contributed by atoms with Crippen molar-refractivity contribution in [3.63, 3.8) is 0 Å². The second-order valence-corrected chi connectivity index (χ2v) is 2.33. The predicted octanol–water partition coefficient (Wildman–Crippen LogP) is 0.300. The molecular weight excluding hydrogens is 168 g/mol. The van der Waals surface area contributed by atoms with Crippen molar-refractivity contribution in [2.75, 3.05) is 0 Å². The number of nitrogens with one attached hydrogen (secondary N) is 2. The van der Waals surface area contributed by atoms with E-state index in [0.29, 0.717) is 11.0 Å². The van der Waals surface area contributed by atoms with Crippen LogP contribution in [0.1, 0.15) is 0 Å². The largest absolute Gasteiger partial charge is 0.340 e. The van der Waals surface area contributed by atoms with E-state index in [2.05, 4.69) is 20.2 Å². The summed E-state index contributed by atoms with van der Waals surface area (Å²) < 4.78 is 0. The first-order valence-electron chi connectivity index (χ1n) is 2.86. The normalized spacial score (nSPS) is 10.6. The molecule has 0 amide bonds. The SMILES string of the molecule is O=c1[nH]nc(Cl)c2nc[nH]c12. The van der Waals surface area contributed by atoms with Crippen LogP contribution in [0.15, 0.2) is 11.1 Å². The molecule has 2 N–H and O–H groups in total. The first-order valence-corrected chi connectivity index (χ1v) is 3.24. The number of imidazole rings is 1. The van der Waals surface area contributed by atoms with E-state index in [-0.39, 0.29) is 10.7 Å². The standard InChI is InChI=1S/C5H3ClN4O/c6-4-2-3(8-1-7-2)5(11)10-9-4/h1H,(H,7,8)(H,10,11). The maximum atomic E-state index is 10.9. The first-order chi connectivity index (χ1) is 5.29. The lowest BCUT2D eigenvalue weighted by Crippen LogP contribution is -2.07. The third kappa shape index (κ3) is 0.813. The van der Waals surface area contributed by atoms with Gasteiger partial charge in [-0.1, -0.05) is 11.6 Å². The molecule has 2 aromatic rings. The Labute approximate surface area is 65.4 Å². The number of hydrogen-bond acceptors (Lipinski definition) is 3. The lowest BCUT2D eigenvalue weighted by Gasteiger charge is -1.87. The van der Waals surface area contributed by atoms with Crippen LogP contribution in [0.25, 0.3) is 11.0 Å². The van der Waals surface area contributed by atoms with Gasteiger partial charge in [0.2, 0.25) is 0 Å². The van der Waals surface area contributed by atoms with Gasteiger partial charge in [0.05, 0.1) is 6.33 Å². The van der Waals surface area contributed by atoms with Crippen LogP contribution in [-0.4, -0.2) is 20.2 Å². The Kier molecular flexibility index (Phi) is 1.19. The molecule has 0 aliphatic carbocycles. The van der Waals surface area contributed by atoms with Crippen LogP contribution in [0.2, 0.25) is 5.15 Å². The zero-order chi connectivity index (χ0) is 7.84. The van der Waals surface area contributed by atoms with Crippen LogP contribution in [0.3, 0.4) is 0 Å². The third-order valence-electron chi connectivity index (χ3n) is 1.32. The highest BCUT2D eigenvalue weighted by Crippen LogP contribution is 2.11. The quantitative estimate of drug-likeness (QED) is 0.597. The molecule has 0 saturated heterocycles. The fourth-order valence-corrected chi connectivity index (χ4v) is 1.02. The number of rotatable bonds is 0. The number of hydrogen-bond donors (Lipinski definition) is 2. The van der Waals surface area contributed by atoms with Crippen LogP contribution in [0.4, 0.5) is 0 Å². The molecule has 0 aliphatic heterocycles. The molecule has 5 nitrogen and oxygen atoms in total. The van der Waals surface area contributed by atoms with Crippen LogP contribution in [0.5, 0.6) is 0 Å². The van der Waals surface area contributed by atoms with Crippen molar-refractivity contribution in [3.05, 3.63) is 21.8 Å². The Balaban J connectivity index is 3.08. The second-order valence-electron chi connectivity index (χ2n) is 1.97. The number of aromatic nitrogens is 4. The molecule has 0 atom stereocenters. The maximum absolute atomic E-state index is 10.9. The lowest BCUT2D eigenvalue weighted by molar-refractivity contribution is 1.01. The summed E-state index contributed by atoms with van der Waals surface area (Å²) >= 11 is 5.61. The van der Waals surface area contributed by atoms with Gasteiger partial charge >= 0.3 is 0 Å². The molecule has 2 heterocycles. The Morgan fingerprint density at radius 1 is 1.55 bits per heavy atom.